The molecule has 0 N–H and O–H groups in total. The molecule has 0 radical (unpaired) electrons. The molecule has 0 atom stereocenters. The Labute approximate surface area is 125 Å². The second kappa shape index (κ2) is 5.32. The molecule has 3 aromatic rings. The summed E-state index contributed by atoms with van der Waals surface area (Å²) in [5, 5.41) is 13.4. The fraction of sp³-hybridized carbons (Fsp3) is 0. The van der Waals surface area contributed by atoms with Gasteiger partial charge in [-0.05, 0) is 40.2 Å². The zero-order chi connectivity index (χ0) is 13.9. The lowest BCUT2D eigenvalue weighted by molar-refractivity contribution is 0.888. The molecule has 1 aromatic heterocycles. The van der Waals surface area contributed by atoms with Gasteiger partial charge in [-0.2, -0.15) is 10.4 Å². The Balaban J connectivity index is 2.19. The van der Waals surface area contributed by atoms with Gasteiger partial charge in [0.25, 0.3) is 0 Å². The molecule has 96 valence electrons. The van der Waals surface area contributed by atoms with Gasteiger partial charge in [-0.15, -0.1) is 0 Å². The Hall–Kier alpha value is -2.38. The number of halogens is 1. The average molecular weight is 324 g/mol. The van der Waals surface area contributed by atoms with Gasteiger partial charge in [0.2, 0.25) is 0 Å². The van der Waals surface area contributed by atoms with Crippen LogP contribution in [0, 0.1) is 11.3 Å². The molecule has 0 aliphatic carbocycles. The quantitative estimate of drug-likeness (QED) is 0.710. The molecule has 3 nitrogen and oxygen atoms in total. The molecule has 0 aliphatic rings. The molecule has 0 fully saturated rings. The maximum atomic E-state index is 9.03. The summed E-state index contributed by atoms with van der Waals surface area (Å²) in [5.41, 5.74) is 3.51. The molecule has 1 heterocycles. The fourth-order valence-corrected chi connectivity index (χ4v) is 2.58. The normalized spacial score (nSPS) is 10.2. The van der Waals surface area contributed by atoms with Gasteiger partial charge in [0, 0.05) is 5.56 Å². The zero-order valence-electron chi connectivity index (χ0n) is 10.5. The fourth-order valence-electron chi connectivity index (χ4n) is 2.09. The topological polar surface area (TPSA) is 41.6 Å². The Morgan fingerprint density at radius 1 is 1.05 bits per heavy atom. The number of hydrogen-bond acceptors (Lipinski definition) is 2. The van der Waals surface area contributed by atoms with Gasteiger partial charge in [-0.25, -0.2) is 4.68 Å². The summed E-state index contributed by atoms with van der Waals surface area (Å²) in [7, 11) is 0. The van der Waals surface area contributed by atoms with Crippen molar-refractivity contribution in [2.24, 2.45) is 0 Å². The molecule has 4 heteroatoms. The summed E-state index contributed by atoms with van der Waals surface area (Å²) in [6.07, 6.45) is 1.77. The van der Waals surface area contributed by atoms with E-state index in [9.17, 15) is 0 Å². The molecule has 0 saturated heterocycles. The van der Waals surface area contributed by atoms with Crippen molar-refractivity contribution in [1.82, 2.24) is 9.78 Å². The van der Waals surface area contributed by atoms with Crippen molar-refractivity contribution in [3.05, 3.63) is 70.8 Å². The predicted molar refractivity (Wildman–Crippen MR) is 81.4 cm³/mol. The van der Waals surface area contributed by atoms with E-state index in [1.54, 1.807) is 12.3 Å². The third kappa shape index (κ3) is 2.24. The van der Waals surface area contributed by atoms with Gasteiger partial charge >= 0.3 is 0 Å². The van der Waals surface area contributed by atoms with Crippen molar-refractivity contribution >= 4 is 15.9 Å². The smallest absolute Gasteiger partial charge is 0.0991 e. The van der Waals surface area contributed by atoms with Gasteiger partial charge < -0.3 is 0 Å². The van der Waals surface area contributed by atoms with Crippen molar-refractivity contribution in [3.8, 4) is 23.0 Å². The van der Waals surface area contributed by atoms with Crippen LogP contribution >= 0.6 is 15.9 Å². The lowest BCUT2D eigenvalue weighted by Crippen LogP contribution is -1.98. The number of para-hydroxylation sites is 1. The van der Waals surface area contributed by atoms with E-state index in [1.807, 2.05) is 53.2 Å². The van der Waals surface area contributed by atoms with E-state index in [1.165, 1.54) is 0 Å². The molecule has 0 spiro atoms. The van der Waals surface area contributed by atoms with Crippen molar-refractivity contribution in [3.63, 3.8) is 0 Å². The largest absolute Gasteiger partial charge is 0.232 e. The second-order valence-electron chi connectivity index (χ2n) is 4.28. The minimum atomic E-state index is 0.634. The number of nitriles is 1. The van der Waals surface area contributed by atoms with E-state index >= 15 is 0 Å². The van der Waals surface area contributed by atoms with E-state index in [4.69, 9.17) is 5.26 Å². The van der Waals surface area contributed by atoms with E-state index in [0.717, 1.165) is 21.4 Å². The van der Waals surface area contributed by atoms with Crippen LogP contribution in [-0.2, 0) is 0 Å². The predicted octanol–water partition coefficient (Wildman–Crippen LogP) is 4.17. The summed E-state index contributed by atoms with van der Waals surface area (Å²) in [6.45, 7) is 0. The van der Waals surface area contributed by atoms with Crippen molar-refractivity contribution in [2.75, 3.05) is 0 Å². The van der Waals surface area contributed by atoms with Crippen LogP contribution < -0.4 is 0 Å². The Bertz CT molecular complexity index is 785. The number of rotatable bonds is 2. The van der Waals surface area contributed by atoms with Gasteiger partial charge in [0.05, 0.1) is 33.7 Å². The van der Waals surface area contributed by atoms with Gasteiger partial charge in [0.1, 0.15) is 0 Å². The number of benzene rings is 2. The van der Waals surface area contributed by atoms with Gasteiger partial charge in [0.15, 0.2) is 0 Å². The van der Waals surface area contributed by atoms with E-state index in [2.05, 4.69) is 27.1 Å². The summed E-state index contributed by atoms with van der Waals surface area (Å²) < 4.78 is 2.76. The van der Waals surface area contributed by atoms with Crippen molar-refractivity contribution < 1.29 is 0 Å². The van der Waals surface area contributed by atoms with Crippen molar-refractivity contribution in [2.45, 2.75) is 0 Å². The first-order valence-electron chi connectivity index (χ1n) is 6.09. The highest BCUT2D eigenvalue weighted by molar-refractivity contribution is 9.10. The first-order valence-corrected chi connectivity index (χ1v) is 6.88. The van der Waals surface area contributed by atoms with Crippen LogP contribution in [0.1, 0.15) is 5.56 Å². The standard InChI is InChI=1S/C16H10BrN3/c17-15-11-19-20(14-7-2-1-3-8-14)16(15)13-6-4-5-12(9-13)10-18/h1-9,11H. The third-order valence-corrected chi connectivity index (χ3v) is 3.57. The summed E-state index contributed by atoms with van der Waals surface area (Å²) >= 11 is 3.53. The van der Waals surface area contributed by atoms with Crippen LogP contribution in [0.3, 0.4) is 0 Å². The highest BCUT2D eigenvalue weighted by Crippen LogP contribution is 2.30. The minimum Gasteiger partial charge on any atom is -0.232 e. The molecule has 3 rings (SSSR count). The lowest BCUT2D eigenvalue weighted by Gasteiger charge is -2.08. The third-order valence-electron chi connectivity index (χ3n) is 2.99. The molecule has 0 unspecified atom stereocenters. The second-order valence-corrected chi connectivity index (χ2v) is 5.14. The van der Waals surface area contributed by atoms with Crippen LogP contribution in [0.25, 0.3) is 16.9 Å². The van der Waals surface area contributed by atoms with Crippen LogP contribution in [0.5, 0.6) is 0 Å². The molecule has 0 bridgehead atoms. The molecule has 2 aromatic carbocycles. The van der Waals surface area contributed by atoms with Gasteiger partial charge in [-0.1, -0.05) is 30.3 Å². The van der Waals surface area contributed by atoms with Crippen molar-refractivity contribution in [1.29, 1.82) is 5.26 Å². The number of aromatic nitrogens is 2. The zero-order valence-corrected chi connectivity index (χ0v) is 12.1. The van der Waals surface area contributed by atoms with E-state index in [-0.39, 0.29) is 0 Å². The average Bonchev–Trinajstić information content (AvgIpc) is 2.90. The molecular weight excluding hydrogens is 314 g/mol. The van der Waals surface area contributed by atoms with Crippen LogP contribution in [0.4, 0.5) is 0 Å². The van der Waals surface area contributed by atoms with Crippen LogP contribution in [0.2, 0.25) is 0 Å². The van der Waals surface area contributed by atoms with Crippen LogP contribution in [-0.4, -0.2) is 9.78 Å². The molecular formula is C16H10BrN3. The Kier molecular flexibility index (Phi) is 3.36. The Morgan fingerprint density at radius 2 is 1.85 bits per heavy atom. The number of nitrogens with zero attached hydrogens (tertiary/aromatic N) is 3. The molecule has 0 saturated carbocycles. The maximum absolute atomic E-state index is 9.03. The Morgan fingerprint density at radius 3 is 2.60 bits per heavy atom. The van der Waals surface area contributed by atoms with Crippen LogP contribution in [0.15, 0.2) is 65.3 Å². The lowest BCUT2D eigenvalue weighted by atomic mass is 10.1. The first-order chi connectivity index (χ1) is 9.79. The molecule has 0 amide bonds. The maximum Gasteiger partial charge on any atom is 0.0991 e. The van der Waals surface area contributed by atoms with Gasteiger partial charge in [-0.3, -0.25) is 0 Å². The highest BCUT2D eigenvalue weighted by Gasteiger charge is 2.12. The number of hydrogen-bond donors (Lipinski definition) is 0. The summed E-state index contributed by atoms with van der Waals surface area (Å²) in [6, 6.07) is 19.6. The molecule has 0 aliphatic heterocycles. The first kappa shape index (κ1) is 12.6. The monoisotopic (exact) mass is 323 g/mol. The van der Waals surface area contributed by atoms with E-state index < -0.39 is 0 Å². The minimum absolute atomic E-state index is 0.634. The van der Waals surface area contributed by atoms with E-state index in [0.29, 0.717) is 5.56 Å². The summed E-state index contributed by atoms with van der Waals surface area (Å²) in [5.74, 6) is 0. The highest BCUT2D eigenvalue weighted by atomic mass is 79.9. The SMILES string of the molecule is N#Cc1cccc(-c2c(Br)cnn2-c2ccccc2)c1. The molecule has 20 heavy (non-hydrogen) atoms. The summed E-state index contributed by atoms with van der Waals surface area (Å²) in [4.78, 5) is 0.